The van der Waals surface area contributed by atoms with E-state index < -0.39 is 5.41 Å². The molecule has 1 aromatic rings. The summed E-state index contributed by atoms with van der Waals surface area (Å²) in [6, 6.07) is 4.68. The quantitative estimate of drug-likeness (QED) is 0.874. The van der Waals surface area contributed by atoms with Gasteiger partial charge in [0.25, 0.3) is 0 Å². The molecule has 0 aliphatic heterocycles. The molecule has 0 aliphatic carbocycles. The molecule has 0 saturated carbocycles. The molecule has 0 saturated heterocycles. The predicted octanol–water partition coefficient (Wildman–Crippen LogP) is 3.26. The molecule has 0 aliphatic rings. The standard InChI is InChI=1S/C14H21FN2O.ClH/c1-4-14(5-2,9-16)13(18)17-11-7-6-10(3)12(15)8-11;/h6-8H,4-5,9,16H2,1-3H3,(H,17,18);1H. The third-order valence-electron chi connectivity index (χ3n) is 3.66. The fourth-order valence-corrected chi connectivity index (χ4v) is 1.89. The van der Waals surface area contributed by atoms with Crippen molar-refractivity contribution in [2.45, 2.75) is 33.6 Å². The van der Waals surface area contributed by atoms with Crippen LogP contribution in [0.4, 0.5) is 10.1 Å². The summed E-state index contributed by atoms with van der Waals surface area (Å²) in [4.78, 5) is 12.2. The molecule has 5 heteroatoms. The van der Waals surface area contributed by atoms with E-state index in [-0.39, 0.29) is 24.1 Å². The highest BCUT2D eigenvalue weighted by molar-refractivity contribution is 5.95. The van der Waals surface area contributed by atoms with Crippen LogP contribution >= 0.6 is 12.4 Å². The van der Waals surface area contributed by atoms with Crippen LogP contribution in [0.5, 0.6) is 0 Å². The van der Waals surface area contributed by atoms with Gasteiger partial charge in [-0.25, -0.2) is 4.39 Å². The summed E-state index contributed by atoms with van der Waals surface area (Å²) in [6.45, 7) is 5.85. The van der Waals surface area contributed by atoms with Crippen LogP contribution in [0, 0.1) is 18.2 Å². The molecule has 3 N–H and O–H groups in total. The summed E-state index contributed by atoms with van der Waals surface area (Å²) >= 11 is 0. The number of anilines is 1. The summed E-state index contributed by atoms with van der Waals surface area (Å²) < 4.78 is 13.4. The number of hydrogen-bond acceptors (Lipinski definition) is 2. The Morgan fingerprint density at radius 1 is 1.37 bits per heavy atom. The number of hydrogen-bond donors (Lipinski definition) is 2. The van der Waals surface area contributed by atoms with Gasteiger partial charge in [-0.3, -0.25) is 4.79 Å². The largest absolute Gasteiger partial charge is 0.329 e. The Balaban J connectivity index is 0.00000324. The molecule has 0 fully saturated rings. The van der Waals surface area contributed by atoms with E-state index in [0.29, 0.717) is 30.6 Å². The number of aryl methyl sites for hydroxylation is 1. The van der Waals surface area contributed by atoms with Gasteiger partial charge in [0, 0.05) is 12.2 Å². The van der Waals surface area contributed by atoms with Crippen molar-refractivity contribution in [1.29, 1.82) is 0 Å². The van der Waals surface area contributed by atoms with E-state index in [0.717, 1.165) is 0 Å². The summed E-state index contributed by atoms with van der Waals surface area (Å²) in [6.07, 6.45) is 1.33. The monoisotopic (exact) mass is 288 g/mol. The predicted molar refractivity (Wildman–Crippen MR) is 79.1 cm³/mol. The third-order valence-corrected chi connectivity index (χ3v) is 3.66. The number of benzene rings is 1. The lowest BCUT2D eigenvalue weighted by molar-refractivity contribution is -0.125. The van der Waals surface area contributed by atoms with E-state index in [1.54, 1.807) is 19.1 Å². The Labute approximate surface area is 120 Å². The average molecular weight is 289 g/mol. The molecule has 1 rings (SSSR count). The summed E-state index contributed by atoms with van der Waals surface area (Å²) in [5.41, 5.74) is 6.17. The van der Waals surface area contributed by atoms with Crippen LogP contribution in [0.1, 0.15) is 32.3 Å². The van der Waals surface area contributed by atoms with E-state index in [4.69, 9.17) is 5.73 Å². The second kappa shape index (κ2) is 7.46. The van der Waals surface area contributed by atoms with E-state index in [1.807, 2.05) is 13.8 Å². The zero-order chi connectivity index (χ0) is 13.8. The number of nitrogens with two attached hydrogens (primary N) is 1. The number of carbonyl (C=O) groups is 1. The normalized spacial score (nSPS) is 10.8. The van der Waals surface area contributed by atoms with Crippen LogP contribution in [-0.2, 0) is 4.79 Å². The van der Waals surface area contributed by atoms with Gasteiger partial charge in [-0.05, 0) is 37.5 Å². The molecule has 3 nitrogen and oxygen atoms in total. The molecule has 0 heterocycles. The van der Waals surface area contributed by atoms with Crippen molar-refractivity contribution in [2.24, 2.45) is 11.1 Å². The number of nitrogens with one attached hydrogen (secondary N) is 1. The second-order valence-electron chi connectivity index (χ2n) is 4.61. The van der Waals surface area contributed by atoms with Crippen molar-refractivity contribution in [1.82, 2.24) is 0 Å². The van der Waals surface area contributed by atoms with Gasteiger partial charge in [0.15, 0.2) is 0 Å². The van der Waals surface area contributed by atoms with Crippen LogP contribution in [0.15, 0.2) is 18.2 Å². The Morgan fingerprint density at radius 2 is 1.95 bits per heavy atom. The lowest BCUT2D eigenvalue weighted by Crippen LogP contribution is -2.41. The highest BCUT2D eigenvalue weighted by atomic mass is 35.5. The van der Waals surface area contributed by atoms with Crippen molar-refractivity contribution in [3.05, 3.63) is 29.6 Å². The first kappa shape index (κ1) is 17.9. The average Bonchev–Trinajstić information content (AvgIpc) is 2.37. The SMILES string of the molecule is CCC(CC)(CN)C(=O)Nc1ccc(C)c(F)c1.Cl. The van der Waals surface area contributed by atoms with E-state index in [1.165, 1.54) is 6.07 Å². The molecule has 1 aromatic carbocycles. The minimum absolute atomic E-state index is 0. The van der Waals surface area contributed by atoms with Crippen molar-refractivity contribution < 1.29 is 9.18 Å². The first-order valence-corrected chi connectivity index (χ1v) is 6.26. The van der Waals surface area contributed by atoms with Crippen molar-refractivity contribution in [3.8, 4) is 0 Å². The smallest absolute Gasteiger partial charge is 0.231 e. The molecule has 1 amide bonds. The summed E-state index contributed by atoms with van der Waals surface area (Å²) in [7, 11) is 0. The number of carbonyl (C=O) groups excluding carboxylic acids is 1. The maximum atomic E-state index is 13.4. The fraction of sp³-hybridized carbons (Fsp3) is 0.500. The lowest BCUT2D eigenvalue weighted by Gasteiger charge is -2.28. The Bertz CT molecular complexity index is 425. The number of rotatable bonds is 5. The zero-order valence-electron chi connectivity index (χ0n) is 11.6. The van der Waals surface area contributed by atoms with Gasteiger partial charge in [-0.2, -0.15) is 0 Å². The molecule has 0 unspecified atom stereocenters. The molecular weight excluding hydrogens is 267 g/mol. The minimum atomic E-state index is -0.568. The van der Waals surface area contributed by atoms with Crippen LogP contribution in [0.3, 0.4) is 0 Å². The Morgan fingerprint density at radius 3 is 2.37 bits per heavy atom. The molecule has 0 aromatic heterocycles. The van der Waals surface area contributed by atoms with Gasteiger partial charge in [0.1, 0.15) is 5.82 Å². The highest BCUT2D eigenvalue weighted by Gasteiger charge is 2.33. The van der Waals surface area contributed by atoms with Gasteiger partial charge >= 0.3 is 0 Å². The second-order valence-corrected chi connectivity index (χ2v) is 4.61. The molecule has 0 atom stereocenters. The van der Waals surface area contributed by atoms with Crippen LogP contribution < -0.4 is 11.1 Å². The minimum Gasteiger partial charge on any atom is -0.329 e. The maximum absolute atomic E-state index is 13.4. The topological polar surface area (TPSA) is 55.1 Å². The molecule has 108 valence electrons. The third kappa shape index (κ3) is 3.91. The van der Waals surface area contributed by atoms with Gasteiger partial charge < -0.3 is 11.1 Å². The summed E-state index contributed by atoms with van der Waals surface area (Å²) in [5, 5.41) is 2.74. The Hall–Kier alpha value is -1.13. The maximum Gasteiger partial charge on any atom is 0.231 e. The summed E-state index contributed by atoms with van der Waals surface area (Å²) in [5.74, 6) is -0.461. The van der Waals surface area contributed by atoms with Gasteiger partial charge in [0.05, 0.1) is 5.41 Å². The van der Waals surface area contributed by atoms with Gasteiger partial charge in [-0.1, -0.05) is 19.9 Å². The first-order valence-electron chi connectivity index (χ1n) is 6.26. The number of halogens is 2. The van der Waals surface area contributed by atoms with Crippen LogP contribution in [0.2, 0.25) is 0 Å². The van der Waals surface area contributed by atoms with E-state index in [2.05, 4.69) is 5.32 Å². The molecule has 0 spiro atoms. The molecular formula is C14H22ClFN2O. The van der Waals surface area contributed by atoms with Gasteiger partial charge in [-0.15, -0.1) is 12.4 Å². The van der Waals surface area contributed by atoms with E-state index in [9.17, 15) is 9.18 Å². The number of amides is 1. The fourth-order valence-electron chi connectivity index (χ4n) is 1.89. The van der Waals surface area contributed by atoms with E-state index >= 15 is 0 Å². The van der Waals surface area contributed by atoms with Crippen molar-refractivity contribution in [3.63, 3.8) is 0 Å². The molecule has 19 heavy (non-hydrogen) atoms. The first-order chi connectivity index (χ1) is 8.49. The van der Waals surface area contributed by atoms with Crippen molar-refractivity contribution >= 4 is 24.0 Å². The molecule has 0 bridgehead atoms. The van der Waals surface area contributed by atoms with Crippen molar-refractivity contribution in [2.75, 3.05) is 11.9 Å². The van der Waals surface area contributed by atoms with Crippen LogP contribution in [-0.4, -0.2) is 12.5 Å². The Kier molecular flexibility index (Phi) is 7.01. The lowest BCUT2D eigenvalue weighted by atomic mass is 9.81. The zero-order valence-corrected chi connectivity index (χ0v) is 12.4. The highest BCUT2D eigenvalue weighted by Crippen LogP contribution is 2.27. The van der Waals surface area contributed by atoms with Gasteiger partial charge in [0.2, 0.25) is 5.91 Å². The van der Waals surface area contributed by atoms with Crippen LogP contribution in [0.25, 0.3) is 0 Å². The molecule has 0 radical (unpaired) electrons.